The lowest BCUT2D eigenvalue weighted by atomic mass is 10.1. The normalized spacial score (nSPS) is 11.0. The first-order valence-corrected chi connectivity index (χ1v) is 9.27. The van der Waals surface area contributed by atoms with Crippen molar-refractivity contribution >= 4 is 34.0 Å². The number of hydrogen-bond donors (Lipinski definition) is 1. The van der Waals surface area contributed by atoms with E-state index in [2.05, 4.69) is 69.5 Å². The van der Waals surface area contributed by atoms with Crippen molar-refractivity contribution in [2.24, 2.45) is 7.05 Å². The Morgan fingerprint density at radius 3 is 2.57 bits per heavy atom. The molecule has 0 saturated heterocycles. The molecule has 4 rings (SSSR count). The molecule has 0 amide bonds. The molecule has 0 unspecified atom stereocenters. The molecule has 2 aromatic heterocycles. The summed E-state index contributed by atoms with van der Waals surface area (Å²) in [6, 6.07) is 14.5. The summed E-state index contributed by atoms with van der Waals surface area (Å²) in [5, 5.41) is 8.95. The zero-order valence-corrected chi connectivity index (χ0v) is 16.9. The quantitative estimate of drug-likeness (QED) is 0.558. The fraction of sp³-hybridized carbons (Fsp3) is 0.227. The first-order valence-electron chi connectivity index (χ1n) is 9.27. The Bertz CT molecular complexity index is 1160. The zero-order chi connectivity index (χ0) is 19.8. The van der Waals surface area contributed by atoms with Gasteiger partial charge < -0.3 is 10.2 Å². The van der Waals surface area contributed by atoms with Gasteiger partial charge in [0.1, 0.15) is 5.82 Å². The van der Waals surface area contributed by atoms with Crippen molar-refractivity contribution in [2.75, 3.05) is 17.3 Å². The first kappa shape index (κ1) is 18.0. The minimum absolute atomic E-state index is 0.575. The van der Waals surface area contributed by atoms with Crippen LogP contribution in [-0.4, -0.2) is 26.8 Å². The van der Waals surface area contributed by atoms with Crippen molar-refractivity contribution in [3.63, 3.8) is 0 Å². The highest BCUT2D eigenvalue weighted by Gasteiger charge is 2.11. The Morgan fingerprint density at radius 1 is 0.964 bits per heavy atom. The summed E-state index contributed by atoms with van der Waals surface area (Å²) in [6.45, 7) is 6.23. The van der Waals surface area contributed by atoms with Crippen LogP contribution in [0, 0.1) is 20.8 Å². The summed E-state index contributed by atoms with van der Waals surface area (Å²) in [4.78, 5) is 11.1. The van der Waals surface area contributed by atoms with E-state index in [0.29, 0.717) is 5.95 Å². The zero-order valence-electron chi connectivity index (χ0n) is 16.9. The highest BCUT2D eigenvalue weighted by atomic mass is 15.3. The average Bonchev–Trinajstić information content (AvgIpc) is 2.98. The molecule has 0 aliphatic rings. The molecule has 6 nitrogen and oxygen atoms in total. The molecule has 4 aromatic rings. The van der Waals surface area contributed by atoms with Gasteiger partial charge in [-0.25, -0.2) is 4.98 Å². The van der Waals surface area contributed by atoms with Gasteiger partial charge >= 0.3 is 0 Å². The van der Waals surface area contributed by atoms with Gasteiger partial charge in [-0.05, 0) is 68.3 Å². The van der Waals surface area contributed by atoms with Gasteiger partial charge in [0.05, 0.1) is 11.2 Å². The van der Waals surface area contributed by atoms with Gasteiger partial charge in [0.2, 0.25) is 5.95 Å². The number of benzene rings is 2. The fourth-order valence-corrected chi connectivity index (χ4v) is 3.31. The monoisotopic (exact) mass is 372 g/mol. The van der Waals surface area contributed by atoms with Crippen molar-refractivity contribution in [1.29, 1.82) is 0 Å². The molecule has 0 radical (unpaired) electrons. The topological polar surface area (TPSA) is 58.9 Å². The summed E-state index contributed by atoms with van der Waals surface area (Å²) in [5.74, 6) is 1.40. The molecule has 0 saturated carbocycles. The van der Waals surface area contributed by atoms with E-state index in [4.69, 9.17) is 0 Å². The number of aromatic nitrogens is 4. The SMILES string of the molecule is Cc1ccc(Nc2nccc(N(C)c3ccc4c(c3)c(C)nn4C)n2)cc1C. The van der Waals surface area contributed by atoms with Gasteiger partial charge in [0.15, 0.2) is 0 Å². The largest absolute Gasteiger partial charge is 0.329 e. The second-order valence-corrected chi connectivity index (χ2v) is 7.13. The number of nitrogens with zero attached hydrogens (tertiary/aromatic N) is 5. The number of fused-ring (bicyclic) bond motifs is 1. The number of nitrogens with one attached hydrogen (secondary N) is 1. The minimum Gasteiger partial charge on any atom is -0.329 e. The smallest absolute Gasteiger partial charge is 0.229 e. The molecule has 0 bridgehead atoms. The first-order chi connectivity index (χ1) is 13.4. The third-order valence-electron chi connectivity index (χ3n) is 5.15. The number of rotatable bonds is 4. The van der Waals surface area contributed by atoms with Crippen molar-refractivity contribution in [3.8, 4) is 0 Å². The molecule has 0 aliphatic heterocycles. The summed E-state index contributed by atoms with van der Waals surface area (Å²) in [7, 11) is 3.98. The number of hydrogen-bond acceptors (Lipinski definition) is 5. The molecule has 142 valence electrons. The van der Waals surface area contributed by atoms with E-state index in [1.165, 1.54) is 11.1 Å². The van der Waals surface area contributed by atoms with E-state index in [1.807, 2.05) is 37.8 Å². The van der Waals surface area contributed by atoms with Crippen LogP contribution in [0.5, 0.6) is 0 Å². The molecule has 6 heteroatoms. The van der Waals surface area contributed by atoms with E-state index in [-0.39, 0.29) is 0 Å². The predicted octanol–water partition coefficient (Wildman–Crippen LogP) is 4.80. The van der Waals surface area contributed by atoms with Crippen LogP contribution in [0.25, 0.3) is 10.9 Å². The highest BCUT2D eigenvalue weighted by Crippen LogP contribution is 2.28. The summed E-state index contributed by atoms with van der Waals surface area (Å²) >= 11 is 0. The molecule has 2 aromatic carbocycles. The van der Waals surface area contributed by atoms with E-state index >= 15 is 0 Å². The molecule has 2 heterocycles. The van der Waals surface area contributed by atoms with Gasteiger partial charge in [0, 0.05) is 37.1 Å². The maximum atomic E-state index is 4.69. The van der Waals surface area contributed by atoms with Crippen LogP contribution in [0.1, 0.15) is 16.8 Å². The van der Waals surface area contributed by atoms with Crippen molar-refractivity contribution < 1.29 is 0 Å². The minimum atomic E-state index is 0.575. The molecular weight excluding hydrogens is 348 g/mol. The maximum absolute atomic E-state index is 4.69. The lowest BCUT2D eigenvalue weighted by Crippen LogP contribution is -2.12. The Morgan fingerprint density at radius 2 is 1.79 bits per heavy atom. The third kappa shape index (κ3) is 3.29. The lowest BCUT2D eigenvalue weighted by molar-refractivity contribution is 0.783. The van der Waals surface area contributed by atoms with Crippen LogP contribution in [0.2, 0.25) is 0 Å². The van der Waals surface area contributed by atoms with Crippen molar-refractivity contribution in [3.05, 3.63) is 65.5 Å². The molecular formula is C22H24N6. The van der Waals surface area contributed by atoms with Gasteiger partial charge in [-0.15, -0.1) is 0 Å². The average molecular weight is 372 g/mol. The van der Waals surface area contributed by atoms with Crippen molar-refractivity contribution in [1.82, 2.24) is 19.7 Å². The summed E-state index contributed by atoms with van der Waals surface area (Å²) in [5.41, 5.74) is 6.68. The van der Waals surface area contributed by atoms with Crippen LogP contribution in [0.4, 0.5) is 23.1 Å². The maximum Gasteiger partial charge on any atom is 0.229 e. The Kier molecular flexibility index (Phi) is 4.47. The second kappa shape index (κ2) is 6.96. The predicted molar refractivity (Wildman–Crippen MR) is 115 cm³/mol. The van der Waals surface area contributed by atoms with Crippen LogP contribution < -0.4 is 10.2 Å². The number of aryl methyl sites for hydroxylation is 4. The van der Waals surface area contributed by atoms with Crippen LogP contribution in [0.15, 0.2) is 48.7 Å². The lowest BCUT2D eigenvalue weighted by Gasteiger charge is -2.19. The van der Waals surface area contributed by atoms with Gasteiger partial charge in [-0.3, -0.25) is 4.68 Å². The molecule has 28 heavy (non-hydrogen) atoms. The Hall–Kier alpha value is -3.41. The summed E-state index contributed by atoms with van der Waals surface area (Å²) in [6.07, 6.45) is 1.77. The van der Waals surface area contributed by atoms with Crippen LogP contribution in [0.3, 0.4) is 0 Å². The Labute approximate surface area is 164 Å². The molecule has 1 N–H and O–H groups in total. The molecule has 0 fully saturated rings. The summed E-state index contributed by atoms with van der Waals surface area (Å²) < 4.78 is 1.91. The van der Waals surface area contributed by atoms with Gasteiger partial charge in [-0.1, -0.05) is 6.07 Å². The fourth-order valence-electron chi connectivity index (χ4n) is 3.31. The Balaban J connectivity index is 1.63. The second-order valence-electron chi connectivity index (χ2n) is 7.13. The third-order valence-corrected chi connectivity index (χ3v) is 5.15. The van der Waals surface area contributed by atoms with E-state index in [9.17, 15) is 0 Å². The standard InChI is InChI=1S/C22H24N6/c1-14-6-7-17(12-15(14)2)24-22-23-11-10-21(25-22)27(4)18-8-9-20-19(13-18)16(3)26-28(20)5/h6-13H,1-5H3,(H,23,24,25). The van der Waals surface area contributed by atoms with E-state index in [1.54, 1.807) is 6.20 Å². The van der Waals surface area contributed by atoms with Crippen LogP contribution in [-0.2, 0) is 7.05 Å². The highest BCUT2D eigenvalue weighted by molar-refractivity contribution is 5.86. The molecule has 0 aliphatic carbocycles. The molecule has 0 atom stereocenters. The van der Waals surface area contributed by atoms with E-state index in [0.717, 1.165) is 33.8 Å². The van der Waals surface area contributed by atoms with Gasteiger partial charge in [0.25, 0.3) is 0 Å². The van der Waals surface area contributed by atoms with E-state index < -0.39 is 0 Å². The van der Waals surface area contributed by atoms with Gasteiger partial charge in [-0.2, -0.15) is 10.1 Å². The van der Waals surface area contributed by atoms with Crippen LogP contribution >= 0.6 is 0 Å². The number of anilines is 4. The van der Waals surface area contributed by atoms with Crippen molar-refractivity contribution in [2.45, 2.75) is 20.8 Å². The molecule has 0 spiro atoms.